The highest BCUT2D eigenvalue weighted by atomic mass is 19.1. The van der Waals surface area contributed by atoms with Crippen LogP contribution in [0, 0.1) is 12.7 Å². The number of carboxylic acids is 1. The quantitative estimate of drug-likeness (QED) is 0.185. The Morgan fingerprint density at radius 1 is 1.00 bits per heavy atom. The van der Waals surface area contributed by atoms with E-state index in [0.29, 0.717) is 51.4 Å². The highest BCUT2D eigenvalue weighted by molar-refractivity contribution is 5.93. The maximum Gasteiger partial charge on any atom is 0.341 e. The van der Waals surface area contributed by atoms with E-state index in [1.54, 1.807) is 6.92 Å². The largest absolute Gasteiger partial charge is 0.477 e. The van der Waals surface area contributed by atoms with E-state index >= 15 is 4.39 Å². The van der Waals surface area contributed by atoms with Crippen molar-refractivity contribution >= 4 is 34.3 Å². The van der Waals surface area contributed by atoms with Gasteiger partial charge in [0, 0.05) is 50.2 Å². The number of benzene rings is 1. The minimum absolute atomic E-state index is 0.0924. The summed E-state index contributed by atoms with van der Waals surface area (Å²) >= 11 is 0. The molecule has 1 fully saturated rings. The number of piperazine rings is 1. The molecule has 1 aliphatic rings. The minimum atomic E-state index is -1.36. The lowest BCUT2D eigenvalue weighted by Crippen LogP contribution is -2.47. The zero-order chi connectivity index (χ0) is 32.2. The first-order valence-electron chi connectivity index (χ1n) is 15.3. The molecular weight excluding hydrogens is 581 g/mol. The van der Waals surface area contributed by atoms with Crippen LogP contribution in [-0.2, 0) is 19.4 Å². The summed E-state index contributed by atoms with van der Waals surface area (Å²) in [5.74, 6) is -1.57. The Bertz CT molecular complexity index is 1880. The molecule has 0 unspecified atom stereocenters. The number of halogens is 1. The molecule has 45 heavy (non-hydrogen) atoms. The van der Waals surface area contributed by atoms with Gasteiger partial charge < -0.3 is 20.3 Å². The number of hydrogen-bond acceptors (Lipinski definition) is 8. The number of aromatic amines is 2. The first-order chi connectivity index (χ1) is 21.6. The van der Waals surface area contributed by atoms with Crippen molar-refractivity contribution in [2.24, 2.45) is 0 Å². The topological polar surface area (TPSA) is 156 Å². The number of unbranched alkanes of at least 4 members (excludes halogenated alkanes) is 1. The molecule has 0 spiro atoms. The number of H-pyrrole nitrogens is 2. The van der Waals surface area contributed by atoms with Gasteiger partial charge in [0.1, 0.15) is 17.0 Å². The molecule has 1 saturated heterocycles. The molecule has 1 aliphatic heterocycles. The highest BCUT2D eigenvalue weighted by Crippen LogP contribution is 2.23. The standard InChI is InChI=1S/C32H38FN7O5/c1-4-20-16-21(9-8-19(20)3)34-25-18-26(41)40(32(45)36-25)11-7-6-10-38-12-14-39(15-13-38)30-23(33)17-22-28(42)27(31(43)44)24(5-2)35-29(22)37-30/h8-9,16-18,34H,4-7,10-15H2,1-3H3,(H,36,45)(H,43,44)(H,35,37,42). The Kier molecular flexibility index (Phi) is 9.47. The molecular formula is C32H38FN7O5. The van der Waals surface area contributed by atoms with Gasteiger partial charge in [-0.05, 0) is 68.5 Å². The molecule has 0 saturated carbocycles. The molecule has 0 amide bonds. The molecule has 4 N–H and O–H groups in total. The molecule has 13 heteroatoms. The van der Waals surface area contributed by atoms with E-state index in [9.17, 15) is 24.3 Å². The Morgan fingerprint density at radius 2 is 1.73 bits per heavy atom. The van der Waals surface area contributed by atoms with Gasteiger partial charge in [-0.25, -0.2) is 19.0 Å². The number of aromatic nitrogens is 4. The average Bonchev–Trinajstić information content (AvgIpc) is 3.01. The number of nitrogens with zero attached hydrogens (tertiary/aromatic N) is 4. The van der Waals surface area contributed by atoms with Gasteiger partial charge >= 0.3 is 11.7 Å². The fourth-order valence-electron chi connectivity index (χ4n) is 5.81. The zero-order valence-corrected chi connectivity index (χ0v) is 25.7. The number of hydrogen-bond donors (Lipinski definition) is 4. The number of anilines is 3. The second-order valence-corrected chi connectivity index (χ2v) is 11.3. The number of aromatic carboxylic acids is 1. The molecule has 12 nitrogen and oxygen atoms in total. The summed E-state index contributed by atoms with van der Waals surface area (Å²) in [6.07, 6.45) is 2.58. The van der Waals surface area contributed by atoms with E-state index in [-0.39, 0.29) is 33.7 Å². The number of carbonyl (C=O) groups is 1. The Balaban J connectivity index is 1.15. The van der Waals surface area contributed by atoms with Crippen molar-refractivity contribution in [2.45, 2.75) is 53.0 Å². The molecule has 4 aromatic rings. The molecule has 0 radical (unpaired) electrons. The van der Waals surface area contributed by atoms with E-state index in [1.807, 2.05) is 30.0 Å². The highest BCUT2D eigenvalue weighted by Gasteiger charge is 2.24. The maximum absolute atomic E-state index is 15.1. The smallest absolute Gasteiger partial charge is 0.341 e. The van der Waals surface area contributed by atoms with E-state index < -0.39 is 22.9 Å². The predicted molar refractivity (Wildman–Crippen MR) is 172 cm³/mol. The summed E-state index contributed by atoms with van der Waals surface area (Å²) in [7, 11) is 0. The molecule has 3 aromatic heterocycles. The van der Waals surface area contributed by atoms with Crippen molar-refractivity contribution in [3.8, 4) is 0 Å². The third-order valence-corrected chi connectivity index (χ3v) is 8.38. The molecule has 0 bridgehead atoms. The first-order valence-corrected chi connectivity index (χ1v) is 15.3. The van der Waals surface area contributed by atoms with Gasteiger partial charge in [0.2, 0.25) is 5.43 Å². The summed E-state index contributed by atoms with van der Waals surface area (Å²) in [4.78, 5) is 63.8. The van der Waals surface area contributed by atoms with E-state index in [2.05, 4.69) is 32.1 Å². The van der Waals surface area contributed by atoms with Crippen molar-refractivity contribution < 1.29 is 14.3 Å². The van der Waals surface area contributed by atoms with E-state index in [0.717, 1.165) is 31.1 Å². The van der Waals surface area contributed by atoms with Crippen LogP contribution in [0.15, 0.2) is 44.7 Å². The van der Waals surface area contributed by atoms with Crippen molar-refractivity contribution in [1.29, 1.82) is 0 Å². The summed E-state index contributed by atoms with van der Waals surface area (Å²) in [5.41, 5.74) is 1.63. The number of aryl methyl sites for hydroxylation is 3. The summed E-state index contributed by atoms with van der Waals surface area (Å²) in [6.45, 7) is 9.26. The van der Waals surface area contributed by atoms with Crippen LogP contribution in [-0.4, -0.2) is 68.2 Å². The predicted octanol–water partition coefficient (Wildman–Crippen LogP) is 3.39. The van der Waals surface area contributed by atoms with Gasteiger partial charge in [0.15, 0.2) is 11.6 Å². The van der Waals surface area contributed by atoms with Crippen LogP contribution in [0.5, 0.6) is 0 Å². The lowest BCUT2D eigenvalue weighted by molar-refractivity contribution is 0.0694. The van der Waals surface area contributed by atoms with Crippen LogP contribution in [0.1, 0.15) is 53.9 Å². The van der Waals surface area contributed by atoms with Gasteiger partial charge in [0.25, 0.3) is 5.56 Å². The summed E-state index contributed by atoms with van der Waals surface area (Å²) in [6, 6.07) is 8.39. The first kappa shape index (κ1) is 31.6. The number of nitrogens with one attached hydrogen (secondary N) is 3. The van der Waals surface area contributed by atoms with Crippen molar-refractivity contribution in [2.75, 3.05) is 42.9 Å². The molecule has 238 valence electrons. The number of fused-ring (bicyclic) bond motifs is 1. The molecule has 1 aromatic carbocycles. The third kappa shape index (κ3) is 6.83. The SMILES string of the molecule is CCc1cc(Nc2cc(=O)n(CCCCN3CCN(c4nc5[nH]c(CC)c(C(=O)O)c(=O)c5cc4F)CC3)c(=O)[nH]2)ccc1C. The summed E-state index contributed by atoms with van der Waals surface area (Å²) in [5, 5.41) is 12.5. The minimum Gasteiger partial charge on any atom is -0.477 e. The van der Waals surface area contributed by atoms with Crippen LogP contribution in [0.4, 0.5) is 21.7 Å². The lowest BCUT2D eigenvalue weighted by atomic mass is 10.1. The average molecular weight is 620 g/mol. The van der Waals surface area contributed by atoms with Crippen molar-refractivity contribution in [3.63, 3.8) is 0 Å². The van der Waals surface area contributed by atoms with Gasteiger partial charge in [-0.15, -0.1) is 0 Å². The van der Waals surface area contributed by atoms with E-state index in [4.69, 9.17) is 0 Å². The number of rotatable bonds is 11. The Hall–Kier alpha value is -4.78. The van der Waals surface area contributed by atoms with E-state index in [1.165, 1.54) is 21.8 Å². The Labute approximate surface area is 258 Å². The number of carboxylic acid groups (broad SMARTS) is 1. The normalized spacial score (nSPS) is 13.8. The monoisotopic (exact) mass is 619 g/mol. The van der Waals surface area contributed by atoms with Crippen LogP contribution < -0.4 is 26.9 Å². The molecule has 4 heterocycles. The van der Waals surface area contributed by atoms with Crippen LogP contribution in [0.25, 0.3) is 11.0 Å². The fraction of sp³-hybridized carbons (Fsp3) is 0.406. The van der Waals surface area contributed by atoms with Crippen LogP contribution >= 0.6 is 0 Å². The van der Waals surface area contributed by atoms with Crippen molar-refractivity contribution in [3.05, 3.63) is 89.6 Å². The van der Waals surface area contributed by atoms with Gasteiger partial charge in [0.05, 0.1) is 5.39 Å². The second-order valence-electron chi connectivity index (χ2n) is 11.3. The molecule has 0 atom stereocenters. The zero-order valence-electron chi connectivity index (χ0n) is 25.7. The van der Waals surface area contributed by atoms with Gasteiger partial charge in [-0.1, -0.05) is 19.9 Å². The molecule has 5 rings (SSSR count). The van der Waals surface area contributed by atoms with Crippen LogP contribution in [0.3, 0.4) is 0 Å². The number of pyridine rings is 2. The second kappa shape index (κ2) is 13.5. The van der Waals surface area contributed by atoms with Gasteiger partial charge in [-0.2, -0.15) is 0 Å². The third-order valence-electron chi connectivity index (χ3n) is 8.38. The summed E-state index contributed by atoms with van der Waals surface area (Å²) < 4.78 is 16.3. The lowest BCUT2D eigenvalue weighted by Gasteiger charge is -2.35. The van der Waals surface area contributed by atoms with Gasteiger partial charge in [-0.3, -0.25) is 24.0 Å². The Morgan fingerprint density at radius 3 is 2.40 bits per heavy atom. The van der Waals surface area contributed by atoms with Crippen molar-refractivity contribution in [1.82, 2.24) is 24.4 Å². The molecule has 0 aliphatic carbocycles. The fourth-order valence-corrected chi connectivity index (χ4v) is 5.81. The maximum atomic E-state index is 15.1. The van der Waals surface area contributed by atoms with Crippen LogP contribution in [0.2, 0.25) is 0 Å².